The summed E-state index contributed by atoms with van der Waals surface area (Å²) < 4.78 is 9.78. The number of furan rings is 1. The van der Waals surface area contributed by atoms with E-state index < -0.39 is 18.5 Å². The van der Waals surface area contributed by atoms with E-state index in [-0.39, 0.29) is 16.8 Å². The minimum Gasteiger partial charge on any atom is -0.465 e. The molecule has 124 valence electrons. The summed E-state index contributed by atoms with van der Waals surface area (Å²) in [7, 11) is 0. The maximum absolute atomic E-state index is 11.9. The van der Waals surface area contributed by atoms with Gasteiger partial charge in [0, 0.05) is 11.1 Å². The molecular weight excluding hydrogens is 346 g/mol. The van der Waals surface area contributed by atoms with Gasteiger partial charge in [0.15, 0.2) is 6.61 Å². The average Bonchev–Trinajstić information content (AvgIpc) is 3.11. The summed E-state index contributed by atoms with van der Waals surface area (Å²) in [6, 6.07) is 11.1. The summed E-state index contributed by atoms with van der Waals surface area (Å²) in [6.07, 6.45) is 2.59. The molecule has 1 aromatic carbocycles. The molecule has 0 atom stereocenters. The van der Waals surface area contributed by atoms with Crippen molar-refractivity contribution in [3.63, 3.8) is 0 Å². The van der Waals surface area contributed by atoms with Gasteiger partial charge in [0.05, 0.1) is 17.5 Å². The number of benzene rings is 1. The van der Waals surface area contributed by atoms with Crippen LogP contribution >= 0.6 is 11.6 Å². The smallest absolute Gasteiger partial charge is 0.349 e. The lowest BCUT2D eigenvalue weighted by molar-refractivity contribution is -0.142. The zero-order valence-corrected chi connectivity index (χ0v) is 13.4. The molecule has 0 radical (unpaired) electrons. The average molecular weight is 356 g/mol. The third-order valence-electron chi connectivity index (χ3n) is 2.88. The van der Waals surface area contributed by atoms with Gasteiger partial charge in [-0.05, 0) is 30.3 Å². The number of nitriles is 2. The standard InChI is InChI=1S/C17H10ClN3O4/c18-13-4-3-11(8-19)15(7-13)21-16(22)10-25-17(23)12(9-20)6-14-2-1-5-24-14/h1-7H,10H2,(H,21,22)/b12-6+. The molecule has 0 unspecified atom stereocenters. The van der Waals surface area contributed by atoms with Crippen molar-refractivity contribution >= 4 is 35.2 Å². The summed E-state index contributed by atoms with van der Waals surface area (Å²) in [5.41, 5.74) is 0.0883. The Morgan fingerprint density at radius 1 is 1.32 bits per heavy atom. The Labute approximate surface area is 147 Å². The number of hydrogen-bond donors (Lipinski definition) is 1. The molecule has 0 saturated heterocycles. The van der Waals surface area contributed by atoms with E-state index in [0.29, 0.717) is 10.8 Å². The fraction of sp³-hybridized carbons (Fsp3) is 0.0588. The Morgan fingerprint density at radius 2 is 2.12 bits per heavy atom. The van der Waals surface area contributed by atoms with Crippen LogP contribution in [0.3, 0.4) is 0 Å². The van der Waals surface area contributed by atoms with E-state index in [1.807, 2.05) is 6.07 Å². The molecule has 0 saturated carbocycles. The number of amides is 1. The first-order valence-corrected chi connectivity index (χ1v) is 7.23. The van der Waals surface area contributed by atoms with Crippen molar-refractivity contribution in [2.75, 3.05) is 11.9 Å². The van der Waals surface area contributed by atoms with Crippen LogP contribution in [0.5, 0.6) is 0 Å². The SMILES string of the molecule is N#C/C(=C\c1ccco1)C(=O)OCC(=O)Nc1cc(Cl)ccc1C#N. The van der Waals surface area contributed by atoms with Crippen LogP contribution < -0.4 is 5.32 Å². The third-order valence-corrected chi connectivity index (χ3v) is 3.12. The number of esters is 1. The van der Waals surface area contributed by atoms with Crippen molar-refractivity contribution in [3.05, 3.63) is 58.5 Å². The fourth-order valence-corrected chi connectivity index (χ4v) is 1.94. The molecule has 0 aliphatic carbocycles. The van der Waals surface area contributed by atoms with Crippen LogP contribution in [-0.4, -0.2) is 18.5 Å². The molecule has 8 heteroatoms. The lowest BCUT2D eigenvalue weighted by Crippen LogP contribution is -2.21. The molecule has 1 N–H and O–H groups in total. The van der Waals surface area contributed by atoms with Crippen LogP contribution in [0.2, 0.25) is 5.02 Å². The van der Waals surface area contributed by atoms with Crippen molar-refractivity contribution in [2.45, 2.75) is 0 Å². The maximum Gasteiger partial charge on any atom is 0.349 e. The molecule has 1 aromatic heterocycles. The number of nitrogens with zero attached hydrogens (tertiary/aromatic N) is 2. The number of carbonyl (C=O) groups is 2. The first-order valence-electron chi connectivity index (χ1n) is 6.85. The van der Waals surface area contributed by atoms with Crippen molar-refractivity contribution < 1.29 is 18.7 Å². The Balaban J connectivity index is 1.98. The Morgan fingerprint density at radius 3 is 2.76 bits per heavy atom. The summed E-state index contributed by atoms with van der Waals surface area (Å²) in [5, 5.41) is 20.7. The summed E-state index contributed by atoms with van der Waals surface area (Å²) in [5.74, 6) is -1.35. The highest BCUT2D eigenvalue weighted by molar-refractivity contribution is 6.31. The van der Waals surface area contributed by atoms with Crippen LogP contribution in [0.25, 0.3) is 6.08 Å². The van der Waals surface area contributed by atoms with Gasteiger partial charge in [-0.25, -0.2) is 4.79 Å². The van der Waals surface area contributed by atoms with Gasteiger partial charge < -0.3 is 14.5 Å². The molecular formula is C17H10ClN3O4. The minimum absolute atomic E-state index is 0.197. The minimum atomic E-state index is -0.972. The summed E-state index contributed by atoms with van der Waals surface area (Å²) >= 11 is 5.81. The molecule has 0 aliphatic heterocycles. The lowest BCUT2D eigenvalue weighted by Gasteiger charge is -2.08. The van der Waals surface area contributed by atoms with Gasteiger partial charge in [-0.1, -0.05) is 11.6 Å². The predicted molar refractivity (Wildman–Crippen MR) is 88.1 cm³/mol. The number of nitrogens with one attached hydrogen (secondary N) is 1. The molecule has 25 heavy (non-hydrogen) atoms. The van der Waals surface area contributed by atoms with Crippen molar-refractivity contribution in [1.82, 2.24) is 0 Å². The molecule has 2 aromatic rings. The lowest BCUT2D eigenvalue weighted by atomic mass is 10.2. The maximum atomic E-state index is 11.9. The molecule has 1 amide bonds. The molecule has 0 bridgehead atoms. The van der Waals surface area contributed by atoms with Gasteiger partial charge in [0.25, 0.3) is 5.91 Å². The number of anilines is 1. The van der Waals surface area contributed by atoms with E-state index in [1.54, 1.807) is 18.2 Å². The second-order valence-corrected chi connectivity index (χ2v) is 5.05. The van der Waals surface area contributed by atoms with E-state index in [1.165, 1.54) is 30.5 Å². The topological polar surface area (TPSA) is 116 Å². The van der Waals surface area contributed by atoms with E-state index in [0.717, 1.165) is 0 Å². The molecule has 0 spiro atoms. The van der Waals surface area contributed by atoms with Crippen LogP contribution in [0.15, 0.2) is 46.6 Å². The second-order valence-electron chi connectivity index (χ2n) is 4.61. The molecule has 0 aliphatic rings. The molecule has 0 fully saturated rings. The molecule has 1 heterocycles. The number of hydrogen-bond acceptors (Lipinski definition) is 6. The van der Waals surface area contributed by atoms with Crippen LogP contribution in [0, 0.1) is 22.7 Å². The van der Waals surface area contributed by atoms with Gasteiger partial charge in [-0.2, -0.15) is 10.5 Å². The fourth-order valence-electron chi connectivity index (χ4n) is 1.77. The number of rotatable bonds is 5. The van der Waals surface area contributed by atoms with Crippen LogP contribution in [0.4, 0.5) is 5.69 Å². The Kier molecular flexibility index (Phi) is 5.94. The third kappa shape index (κ3) is 4.96. The predicted octanol–water partition coefficient (Wildman–Crippen LogP) is 2.89. The van der Waals surface area contributed by atoms with Gasteiger partial charge >= 0.3 is 5.97 Å². The zero-order chi connectivity index (χ0) is 18.2. The first-order chi connectivity index (χ1) is 12.0. The van der Waals surface area contributed by atoms with E-state index >= 15 is 0 Å². The number of ether oxygens (including phenoxy) is 1. The van der Waals surface area contributed by atoms with Gasteiger partial charge in [-0.15, -0.1) is 0 Å². The Bertz CT molecular complexity index is 905. The highest BCUT2D eigenvalue weighted by Crippen LogP contribution is 2.20. The van der Waals surface area contributed by atoms with E-state index in [9.17, 15) is 9.59 Å². The Hall–Kier alpha value is -3.55. The van der Waals surface area contributed by atoms with Crippen molar-refractivity contribution in [2.24, 2.45) is 0 Å². The quantitative estimate of drug-likeness (QED) is 0.500. The monoisotopic (exact) mass is 355 g/mol. The van der Waals surface area contributed by atoms with Crippen LogP contribution in [-0.2, 0) is 14.3 Å². The van der Waals surface area contributed by atoms with Gasteiger partial charge in [-0.3, -0.25) is 4.79 Å². The van der Waals surface area contributed by atoms with Crippen molar-refractivity contribution in [3.8, 4) is 12.1 Å². The van der Waals surface area contributed by atoms with E-state index in [4.69, 9.17) is 31.3 Å². The van der Waals surface area contributed by atoms with Gasteiger partial charge in [0.2, 0.25) is 0 Å². The number of carbonyl (C=O) groups excluding carboxylic acids is 2. The first kappa shape index (κ1) is 17.8. The summed E-state index contributed by atoms with van der Waals surface area (Å²) in [4.78, 5) is 23.7. The van der Waals surface area contributed by atoms with E-state index in [2.05, 4.69) is 5.32 Å². The second kappa shape index (κ2) is 8.34. The number of halogens is 1. The normalized spacial score (nSPS) is 10.4. The van der Waals surface area contributed by atoms with Crippen LogP contribution in [0.1, 0.15) is 11.3 Å². The summed E-state index contributed by atoms with van der Waals surface area (Å²) in [6.45, 7) is -0.632. The molecule has 2 rings (SSSR count). The zero-order valence-electron chi connectivity index (χ0n) is 12.7. The van der Waals surface area contributed by atoms with Crippen molar-refractivity contribution in [1.29, 1.82) is 10.5 Å². The van der Waals surface area contributed by atoms with Gasteiger partial charge in [0.1, 0.15) is 23.5 Å². The largest absolute Gasteiger partial charge is 0.465 e. The highest BCUT2D eigenvalue weighted by Gasteiger charge is 2.15. The molecule has 7 nitrogen and oxygen atoms in total. The highest BCUT2D eigenvalue weighted by atomic mass is 35.5.